The van der Waals surface area contributed by atoms with Crippen molar-refractivity contribution in [1.29, 1.82) is 0 Å². The van der Waals surface area contributed by atoms with Gasteiger partial charge in [0.25, 0.3) is 0 Å². The number of halogens is 3. The van der Waals surface area contributed by atoms with Gasteiger partial charge < -0.3 is 9.47 Å². The SMILES string of the molecule is C[C@@H]1CC(C)(C)O[C@@H](C(Cl)(Cl)Cl)O1. The highest BCUT2D eigenvalue weighted by atomic mass is 35.6. The monoisotopic (exact) mass is 246 g/mol. The third-order valence-corrected chi connectivity index (χ3v) is 2.36. The molecule has 1 fully saturated rings. The van der Waals surface area contributed by atoms with Crippen LogP contribution in [0.4, 0.5) is 0 Å². The normalized spacial score (nSPS) is 34.6. The Morgan fingerprint density at radius 3 is 2.23 bits per heavy atom. The molecule has 1 saturated heterocycles. The summed E-state index contributed by atoms with van der Waals surface area (Å²) < 4.78 is 9.34. The molecule has 0 unspecified atom stereocenters. The predicted molar refractivity (Wildman–Crippen MR) is 54.4 cm³/mol. The van der Waals surface area contributed by atoms with E-state index in [-0.39, 0.29) is 11.7 Å². The Labute approximate surface area is 93.4 Å². The fourth-order valence-electron chi connectivity index (χ4n) is 1.46. The second-order valence-electron chi connectivity index (χ2n) is 3.90. The van der Waals surface area contributed by atoms with Crippen LogP contribution in [-0.4, -0.2) is 21.8 Å². The van der Waals surface area contributed by atoms with E-state index in [9.17, 15) is 0 Å². The van der Waals surface area contributed by atoms with Crippen molar-refractivity contribution in [2.75, 3.05) is 0 Å². The molecule has 0 bridgehead atoms. The van der Waals surface area contributed by atoms with Crippen molar-refractivity contribution < 1.29 is 9.47 Å². The molecule has 1 heterocycles. The van der Waals surface area contributed by atoms with E-state index < -0.39 is 10.1 Å². The first kappa shape index (κ1) is 11.9. The molecule has 0 aromatic rings. The fourth-order valence-corrected chi connectivity index (χ4v) is 1.75. The molecule has 5 heteroatoms. The summed E-state index contributed by atoms with van der Waals surface area (Å²) in [7, 11) is 0. The van der Waals surface area contributed by atoms with E-state index in [0.29, 0.717) is 0 Å². The van der Waals surface area contributed by atoms with Crippen LogP contribution < -0.4 is 0 Å². The molecule has 2 atom stereocenters. The lowest BCUT2D eigenvalue weighted by Crippen LogP contribution is -2.48. The van der Waals surface area contributed by atoms with Gasteiger partial charge in [-0.3, -0.25) is 0 Å². The molecule has 0 amide bonds. The first-order valence-electron chi connectivity index (χ1n) is 4.11. The lowest BCUT2D eigenvalue weighted by Gasteiger charge is -2.41. The van der Waals surface area contributed by atoms with Gasteiger partial charge in [-0.05, 0) is 20.8 Å². The quantitative estimate of drug-likeness (QED) is 0.612. The standard InChI is InChI=1S/C8H13Cl3O2/c1-5-4-7(2,3)13-6(12-5)8(9,10)11/h5-6H,4H2,1-3H3/t5-,6+/m1/s1. The first-order valence-corrected chi connectivity index (χ1v) is 5.24. The molecule has 1 aliphatic heterocycles. The molecule has 1 rings (SSSR count). The molecule has 0 N–H and O–H groups in total. The van der Waals surface area contributed by atoms with Crippen molar-refractivity contribution in [2.24, 2.45) is 0 Å². The summed E-state index contributed by atoms with van der Waals surface area (Å²) in [6.07, 6.45) is 0.0603. The van der Waals surface area contributed by atoms with Gasteiger partial charge in [0.1, 0.15) is 0 Å². The predicted octanol–water partition coefficient (Wildman–Crippen LogP) is 3.29. The molecule has 0 aromatic carbocycles. The van der Waals surface area contributed by atoms with Gasteiger partial charge in [0, 0.05) is 6.42 Å². The largest absolute Gasteiger partial charge is 0.345 e. The lowest BCUT2D eigenvalue weighted by molar-refractivity contribution is -0.266. The van der Waals surface area contributed by atoms with Gasteiger partial charge in [-0.2, -0.15) is 0 Å². The number of hydrogen-bond acceptors (Lipinski definition) is 2. The molecule has 1 aliphatic rings. The average molecular weight is 248 g/mol. The van der Waals surface area contributed by atoms with Crippen molar-refractivity contribution >= 4 is 34.8 Å². The summed E-state index contributed by atoms with van der Waals surface area (Å²) in [4.78, 5) is 0. The molecule has 2 nitrogen and oxygen atoms in total. The Morgan fingerprint density at radius 2 is 1.85 bits per heavy atom. The van der Waals surface area contributed by atoms with Crippen LogP contribution in [0.25, 0.3) is 0 Å². The van der Waals surface area contributed by atoms with Crippen LogP contribution in [0.2, 0.25) is 0 Å². The van der Waals surface area contributed by atoms with Crippen LogP contribution in [0, 0.1) is 0 Å². The van der Waals surface area contributed by atoms with Gasteiger partial charge in [0.05, 0.1) is 11.7 Å². The summed E-state index contributed by atoms with van der Waals surface area (Å²) in [6.45, 7) is 5.85. The number of ether oxygens (including phenoxy) is 2. The zero-order valence-corrected chi connectivity index (χ0v) is 10.1. The number of rotatable bonds is 0. The minimum atomic E-state index is -1.52. The molecule has 78 valence electrons. The molecule has 0 aliphatic carbocycles. The molecule has 13 heavy (non-hydrogen) atoms. The smallest absolute Gasteiger partial charge is 0.240 e. The zero-order valence-electron chi connectivity index (χ0n) is 7.81. The first-order chi connectivity index (χ1) is 5.71. The van der Waals surface area contributed by atoms with E-state index in [1.807, 2.05) is 20.8 Å². The van der Waals surface area contributed by atoms with Gasteiger partial charge in [-0.15, -0.1) is 0 Å². The Bertz CT molecular complexity index is 188. The van der Waals surface area contributed by atoms with Crippen LogP contribution >= 0.6 is 34.8 Å². The maximum atomic E-state index is 5.69. The highest BCUT2D eigenvalue weighted by molar-refractivity contribution is 6.67. The second-order valence-corrected chi connectivity index (χ2v) is 6.27. The van der Waals surface area contributed by atoms with E-state index in [0.717, 1.165) is 6.42 Å². The van der Waals surface area contributed by atoms with Crippen LogP contribution in [0.15, 0.2) is 0 Å². The maximum Gasteiger partial charge on any atom is 0.240 e. The van der Waals surface area contributed by atoms with Crippen molar-refractivity contribution in [2.45, 2.75) is 49.0 Å². The minimum absolute atomic E-state index is 0.0457. The van der Waals surface area contributed by atoms with Crippen molar-refractivity contribution in [3.63, 3.8) is 0 Å². The van der Waals surface area contributed by atoms with Gasteiger partial charge in [-0.25, -0.2) is 0 Å². The van der Waals surface area contributed by atoms with Crippen molar-refractivity contribution in [1.82, 2.24) is 0 Å². The van der Waals surface area contributed by atoms with E-state index in [1.54, 1.807) is 0 Å². The Kier molecular flexibility index (Phi) is 3.42. The highest BCUT2D eigenvalue weighted by Gasteiger charge is 2.43. The van der Waals surface area contributed by atoms with E-state index in [1.165, 1.54) is 0 Å². The maximum absolute atomic E-state index is 5.69. The summed E-state index contributed by atoms with van der Waals surface area (Å²) in [5.41, 5.74) is -0.299. The van der Waals surface area contributed by atoms with E-state index >= 15 is 0 Å². The topological polar surface area (TPSA) is 18.5 Å². The van der Waals surface area contributed by atoms with Crippen LogP contribution in [0.1, 0.15) is 27.2 Å². The van der Waals surface area contributed by atoms with Crippen molar-refractivity contribution in [3.8, 4) is 0 Å². The summed E-state index contributed by atoms with van der Waals surface area (Å²) >= 11 is 17.1. The third-order valence-electron chi connectivity index (χ3n) is 1.83. The van der Waals surface area contributed by atoms with Gasteiger partial charge in [0.15, 0.2) is 0 Å². The van der Waals surface area contributed by atoms with Crippen LogP contribution in [-0.2, 0) is 9.47 Å². The van der Waals surface area contributed by atoms with Gasteiger partial charge in [-0.1, -0.05) is 34.8 Å². The second kappa shape index (κ2) is 3.74. The van der Waals surface area contributed by atoms with Gasteiger partial charge >= 0.3 is 0 Å². The fraction of sp³-hybridized carbons (Fsp3) is 1.00. The third kappa shape index (κ3) is 3.45. The van der Waals surface area contributed by atoms with Gasteiger partial charge in [0.2, 0.25) is 10.1 Å². The van der Waals surface area contributed by atoms with Crippen molar-refractivity contribution in [3.05, 3.63) is 0 Å². The Hall–Kier alpha value is 0.790. The minimum Gasteiger partial charge on any atom is -0.345 e. The van der Waals surface area contributed by atoms with Crippen LogP contribution in [0.5, 0.6) is 0 Å². The number of hydrogen-bond donors (Lipinski definition) is 0. The lowest BCUT2D eigenvalue weighted by atomic mass is 10.0. The highest BCUT2D eigenvalue weighted by Crippen LogP contribution is 2.39. The Balaban J connectivity index is 2.69. The number of alkyl halides is 3. The molecule has 0 spiro atoms. The van der Waals surface area contributed by atoms with E-state index in [4.69, 9.17) is 44.3 Å². The molecular formula is C8H13Cl3O2. The summed E-state index contributed by atoms with van der Waals surface area (Å²) in [5, 5.41) is 0. The summed E-state index contributed by atoms with van der Waals surface area (Å²) in [5.74, 6) is 0. The zero-order chi connectivity index (χ0) is 10.3. The molecule has 0 radical (unpaired) electrons. The van der Waals surface area contributed by atoms with E-state index in [2.05, 4.69) is 0 Å². The summed E-state index contributed by atoms with van der Waals surface area (Å²) in [6, 6.07) is 0. The van der Waals surface area contributed by atoms with Crippen LogP contribution in [0.3, 0.4) is 0 Å². The average Bonchev–Trinajstić information content (AvgIpc) is 1.79. The molecule has 0 aromatic heterocycles. The molecular weight excluding hydrogens is 234 g/mol. The Morgan fingerprint density at radius 1 is 1.31 bits per heavy atom. The molecule has 0 saturated carbocycles.